The minimum absolute atomic E-state index is 0.228. The molecule has 0 aliphatic heterocycles. The van der Waals surface area contributed by atoms with Crippen LogP contribution in [0.2, 0.25) is 0 Å². The second kappa shape index (κ2) is 4.77. The van der Waals surface area contributed by atoms with E-state index in [4.69, 9.17) is 5.11 Å². The van der Waals surface area contributed by atoms with Gasteiger partial charge in [-0.2, -0.15) is 5.10 Å². The highest BCUT2D eigenvalue weighted by Gasteiger charge is 2.13. The van der Waals surface area contributed by atoms with Crippen molar-refractivity contribution in [3.05, 3.63) is 59.5 Å². The Balaban J connectivity index is 1.95. The number of pyridine rings is 1. The van der Waals surface area contributed by atoms with Gasteiger partial charge in [-0.25, -0.2) is 4.79 Å². The van der Waals surface area contributed by atoms with Crippen molar-refractivity contribution in [2.75, 3.05) is 0 Å². The van der Waals surface area contributed by atoms with Gasteiger partial charge in [0.15, 0.2) is 0 Å². The molecule has 1 aromatic carbocycles. The summed E-state index contributed by atoms with van der Waals surface area (Å²) in [4.78, 5) is 15.6. The largest absolute Gasteiger partial charge is 0.478 e. The quantitative estimate of drug-likeness (QED) is 0.791. The van der Waals surface area contributed by atoms with E-state index >= 15 is 0 Å². The first-order valence-electron chi connectivity index (χ1n) is 6.25. The fourth-order valence-corrected chi connectivity index (χ4v) is 2.17. The monoisotopic (exact) mass is 267 g/mol. The van der Waals surface area contributed by atoms with Crippen LogP contribution in [0.4, 0.5) is 0 Å². The van der Waals surface area contributed by atoms with Crippen molar-refractivity contribution in [3.8, 4) is 0 Å². The molecule has 3 aromatic rings. The number of nitrogens with zero attached hydrogens (tertiary/aromatic N) is 3. The third-order valence-electron chi connectivity index (χ3n) is 3.30. The molecule has 0 aliphatic rings. The lowest BCUT2D eigenvalue weighted by Crippen LogP contribution is -2.07. The van der Waals surface area contributed by atoms with E-state index in [1.165, 1.54) is 6.20 Å². The number of aromatic carboxylic acids is 1. The molecule has 0 aliphatic carbocycles. The fraction of sp³-hybridized carbons (Fsp3) is 0.133. The highest BCUT2D eigenvalue weighted by molar-refractivity contribution is 5.88. The Hall–Kier alpha value is -2.69. The first-order valence-corrected chi connectivity index (χ1v) is 6.25. The van der Waals surface area contributed by atoms with Gasteiger partial charge < -0.3 is 5.11 Å². The molecule has 2 aromatic heterocycles. The maximum atomic E-state index is 11.0. The Morgan fingerprint density at radius 2 is 2.05 bits per heavy atom. The SMILES string of the molecule is Cc1c(C(=O)O)cnn1Cc1ccc2ccccc2n1. The molecule has 100 valence electrons. The Morgan fingerprint density at radius 3 is 2.80 bits per heavy atom. The molecule has 0 bridgehead atoms. The van der Waals surface area contributed by atoms with Crippen LogP contribution in [0, 0.1) is 6.92 Å². The number of benzene rings is 1. The Labute approximate surface area is 115 Å². The number of para-hydroxylation sites is 1. The summed E-state index contributed by atoms with van der Waals surface area (Å²) < 4.78 is 1.65. The minimum atomic E-state index is -0.958. The molecule has 2 heterocycles. The molecule has 0 saturated heterocycles. The molecule has 1 N–H and O–H groups in total. The van der Waals surface area contributed by atoms with Gasteiger partial charge in [0.05, 0.1) is 29.6 Å². The summed E-state index contributed by atoms with van der Waals surface area (Å²) in [7, 11) is 0. The van der Waals surface area contributed by atoms with Crippen molar-refractivity contribution in [3.63, 3.8) is 0 Å². The average molecular weight is 267 g/mol. The van der Waals surface area contributed by atoms with Gasteiger partial charge in [-0.15, -0.1) is 0 Å². The van der Waals surface area contributed by atoms with E-state index in [2.05, 4.69) is 10.1 Å². The fourth-order valence-electron chi connectivity index (χ4n) is 2.17. The van der Waals surface area contributed by atoms with E-state index < -0.39 is 5.97 Å². The van der Waals surface area contributed by atoms with Crippen LogP contribution in [0.1, 0.15) is 21.7 Å². The second-order valence-corrected chi connectivity index (χ2v) is 4.60. The summed E-state index contributed by atoms with van der Waals surface area (Å²) in [6, 6.07) is 11.8. The molecule has 3 rings (SSSR count). The second-order valence-electron chi connectivity index (χ2n) is 4.60. The average Bonchev–Trinajstić information content (AvgIpc) is 2.80. The maximum Gasteiger partial charge on any atom is 0.339 e. The summed E-state index contributed by atoms with van der Waals surface area (Å²) in [5, 5.41) is 14.2. The van der Waals surface area contributed by atoms with E-state index in [1.54, 1.807) is 11.6 Å². The van der Waals surface area contributed by atoms with Crippen molar-refractivity contribution in [2.45, 2.75) is 13.5 Å². The maximum absolute atomic E-state index is 11.0. The number of carboxylic acids is 1. The summed E-state index contributed by atoms with van der Waals surface area (Å²) in [6.45, 7) is 2.21. The van der Waals surface area contributed by atoms with Gasteiger partial charge in [0.25, 0.3) is 0 Å². The Bertz CT molecular complexity index is 793. The number of fused-ring (bicyclic) bond motifs is 1. The van der Waals surface area contributed by atoms with E-state index in [0.717, 1.165) is 16.6 Å². The zero-order valence-electron chi connectivity index (χ0n) is 10.9. The summed E-state index contributed by atoms with van der Waals surface area (Å²) in [6.07, 6.45) is 1.37. The van der Waals surface area contributed by atoms with Gasteiger partial charge in [0, 0.05) is 5.39 Å². The van der Waals surface area contributed by atoms with E-state index in [1.807, 2.05) is 36.4 Å². The summed E-state index contributed by atoms with van der Waals surface area (Å²) in [5.41, 5.74) is 2.64. The van der Waals surface area contributed by atoms with Crippen molar-refractivity contribution in [1.82, 2.24) is 14.8 Å². The molecule has 5 heteroatoms. The molecule has 0 spiro atoms. The standard InChI is InChI=1S/C15H13N3O2/c1-10-13(15(19)20)8-16-18(10)9-12-7-6-11-4-2-3-5-14(11)17-12/h2-8H,9H2,1H3,(H,19,20). The van der Waals surface area contributed by atoms with Gasteiger partial charge in [0.1, 0.15) is 5.56 Å². The van der Waals surface area contributed by atoms with Crippen LogP contribution in [0.3, 0.4) is 0 Å². The van der Waals surface area contributed by atoms with Gasteiger partial charge in [0.2, 0.25) is 0 Å². The number of hydrogen-bond donors (Lipinski definition) is 1. The first-order chi connectivity index (χ1) is 9.65. The van der Waals surface area contributed by atoms with Crippen LogP contribution in [-0.2, 0) is 6.54 Å². The van der Waals surface area contributed by atoms with Crippen LogP contribution in [0.5, 0.6) is 0 Å². The van der Waals surface area contributed by atoms with Crippen molar-refractivity contribution in [1.29, 1.82) is 0 Å². The Morgan fingerprint density at radius 1 is 1.25 bits per heavy atom. The van der Waals surface area contributed by atoms with Crippen LogP contribution in [0.25, 0.3) is 10.9 Å². The lowest BCUT2D eigenvalue weighted by atomic mass is 10.2. The first kappa shape index (κ1) is 12.3. The van der Waals surface area contributed by atoms with Crippen LogP contribution >= 0.6 is 0 Å². The van der Waals surface area contributed by atoms with Gasteiger partial charge in [-0.3, -0.25) is 9.67 Å². The molecule has 0 saturated carbocycles. The number of hydrogen-bond acceptors (Lipinski definition) is 3. The number of rotatable bonds is 3. The number of aromatic nitrogens is 3. The topological polar surface area (TPSA) is 68.0 Å². The molecule has 0 amide bonds. The predicted molar refractivity (Wildman–Crippen MR) is 74.8 cm³/mol. The van der Waals surface area contributed by atoms with E-state index in [-0.39, 0.29) is 5.56 Å². The Kier molecular flexibility index (Phi) is 2.95. The molecule has 0 atom stereocenters. The van der Waals surface area contributed by atoms with Crippen molar-refractivity contribution >= 4 is 16.9 Å². The predicted octanol–water partition coefficient (Wildman–Crippen LogP) is 2.49. The van der Waals surface area contributed by atoms with Crippen molar-refractivity contribution in [2.24, 2.45) is 0 Å². The van der Waals surface area contributed by atoms with E-state index in [0.29, 0.717) is 12.2 Å². The number of carbonyl (C=O) groups is 1. The summed E-state index contributed by atoms with van der Waals surface area (Å²) >= 11 is 0. The highest BCUT2D eigenvalue weighted by atomic mass is 16.4. The lowest BCUT2D eigenvalue weighted by molar-refractivity contribution is 0.0696. The third-order valence-corrected chi connectivity index (χ3v) is 3.30. The smallest absolute Gasteiger partial charge is 0.339 e. The van der Waals surface area contributed by atoms with E-state index in [9.17, 15) is 4.79 Å². The molecule has 0 radical (unpaired) electrons. The zero-order valence-corrected chi connectivity index (χ0v) is 10.9. The molecule has 20 heavy (non-hydrogen) atoms. The van der Waals surface area contributed by atoms with Crippen molar-refractivity contribution < 1.29 is 9.90 Å². The lowest BCUT2D eigenvalue weighted by Gasteiger charge is -2.05. The molecule has 0 unspecified atom stereocenters. The minimum Gasteiger partial charge on any atom is -0.478 e. The molecular weight excluding hydrogens is 254 g/mol. The van der Waals surface area contributed by atoms with Crippen LogP contribution < -0.4 is 0 Å². The molecule has 5 nitrogen and oxygen atoms in total. The van der Waals surface area contributed by atoms with Crippen LogP contribution in [-0.4, -0.2) is 25.8 Å². The van der Waals surface area contributed by atoms with Gasteiger partial charge in [-0.1, -0.05) is 24.3 Å². The van der Waals surface area contributed by atoms with Gasteiger partial charge >= 0.3 is 5.97 Å². The van der Waals surface area contributed by atoms with Gasteiger partial charge in [-0.05, 0) is 19.1 Å². The summed E-state index contributed by atoms with van der Waals surface area (Å²) in [5.74, 6) is -0.958. The highest BCUT2D eigenvalue weighted by Crippen LogP contribution is 2.14. The number of carboxylic acid groups (broad SMARTS) is 1. The normalized spacial score (nSPS) is 10.8. The molecule has 0 fully saturated rings. The molecular formula is C15H13N3O2. The zero-order chi connectivity index (χ0) is 14.1. The third kappa shape index (κ3) is 2.14. The van der Waals surface area contributed by atoms with Crippen LogP contribution in [0.15, 0.2) is 42.6 Å².